The zero-order valence-corrected chi connectivity index (χ0v) is 18.6. The molecule has 0 atom stereocenters. The maximum Gasteiger partial charge on any atom is 0.407 e. The van der Waals surface area contributed by atoms with Gasteiger partial charge in [0.25, 0.3) is 0 Å². The van der Waals surface area contributed by atoms with Crippen LogP contribution in [0.1, 0.15) is 25.7 Å². The number of carbonyl (C=O) groups is 2. The molecule has 5 rings (SSSR count). The van der Waals surface area contributed by atoms with Crippen molar-refractivity contribution < 1.29 is 31.9 Å². The Hall–Kier alpha value is -2.56. The summed E-state index contributed by atoms with van der Waals surface area (Å²) in [4.78, 5) is 27.4. The number of halogens is 1. The van der Waals surface area contributed by atoms with Crippen LogP contribution in [0, 0.1) is 11.2 Å². The molecule has 32 heavy (non-hydrogen) atoms. The number of alkyl carbamates (subject to hydrolysis) is 1. The molecule has 0 bridgehead atoms. The van der Waals surface area contributed by atoms with Gasteiger partial charge in [0.15, 0.2) is 9.84 Å². The van der Waals surface area contributed by atoms with E-state index in [-0.39, 0.29) is 28.2 Å². The van der Waals surface area contributed by atoms with Gasteiger partial charge in [-0.05, 0) is 43.9 Å². The Bertz CT molecular complexity index is 1060. The number of carbonyl (C=O) groups excluding carboxylic acids is 2. The van der Waals surface area contributed by atoms with Gasteiger partial charge in [-0.25, -0.2) is 22.4 Å². The van der Waals surface area contributed by atoms with E-state index in [1.54, 1.807) is 4.90 Å². The number of rotatable bonds is 3. The molecule has 1 aliphatic carbocycles. The monoisotopic (exact) mass is 467 g/mol. The predicted molar refractivity (Wildman–Crippen MR) is 111 cm³/mol. The first-order valence-corrected chi connectivity index (χ1v) is 12.6. The zero-order valence-electron chi connectivity index (χ0n) is 17.8. The fourth-order valence-electron chi connectivity index (χ4n) is 5.27. The molecular weight excluding hydrogens is 441 g/mol. The Morgan fingerprint density at radius 1 is 1.19 bits per heavy atom. The summed E-state index contributed by atoms with van der Waals surface area (Å²) in [5, 5.41) is 2.78. The summed E-state index contributed by atoms with van der Waals surface area (Å²) in [6.45, 7) is 2.62. The minimum absolute atomic E-state index is 0.00937. The smallest absolute Gasteiger partial charge is 0.407 e. The third-order valence-corrected chi connectivity index (χ3v) is 8.14. The third kappa shape index (κ3) is 3.76. The molecule has 0 aromatic heterocycles. The summed E-state index contributed by atoms with van der Waals surface area (Å²) >= 11 is 0. The van der Waals surface area contributed by atoms with Crippen molar-refractivity contribution in [2.75, 3.05) is 39.0 Å². The van der Waals surface area contributed by atoms with Crippen molar-refractivity contribution in [3.05, 3.63) is 24.0 Å². The van der Waals surface area contributed by atoms with Crippen molar-refractivity contribution in [2.45, 2.75) is 42.2 Å². The summed E-state index contributed by atoms with van der Waals surface area (Å²) in [6, 6.07) is 3.56. The third-order valence-electron chi connectivity index (χ3n) is 7.02. The second-order valence-corrected chi connectivity index (χ2v) is 11.6. The van der Waals surface area contributed by atoms with Crippen LogP contribution in [-0.2, 0) is 14.6 Å². The molecule has 4 aliphatic rings. The van der Waals surface area contributed by atoms with E-state index in [1.165, 1.54) is 12.1 Å². The molecule has 11 heteroatoms. The van der Waals surface area contributed by atoms with Crippen molar-refractivity contribution in [1.82, 2.24) is 15.1 Å². The van der Waals surface area contributed by atoms with Gasteiger partial charge in [0.2, 0.25) is 0 Å². The van der Waals surface area contributed by atoms with Crippen molar-refractivity contribution >= 4 is 22.0 Å². The fraction of sp³-hybridized carbons (Fsp3) is 0.619. The van der Waals surface area contributed by atoms with E-state index in [9.17, 15) is 22.4 Å². The highest BCUT2D eigenvalue weighted by molar-refractivity contribution is 7.90. The number of ether oxygens (including phenoxy) is 2. The van der Waals surface area contributed by atoms with Crippen LogP contribution in [0.25, 0.3) is 0 Å². The van der Waals surface area contributed by atoms with Gasteiger partial charge in [-0.1, -0.05) is 0 Å². The maximum absolute atomic E-state index is 13.5. The maximum atomic E-state index is 13.5. The lowest BCUT2D eigenvalue weighted by Gasteiger charge is -2.56. The number of amides is 3. The van der Waals surface area contributed by atoms with Gasteiger partial charge in [0.05, 0.1) is 19.2 Å². The van der Waals surface area contributed by atoms with Crippen LogP contribution in [0.3, 0.4) is 0 Å². The number of hydrogen-bond donors (Lipinski definition) is 1. The molecular formula is C21H26FN3O6S. The SMILES string of the molecule is CS(=O)(=O)c1cc(F)ccc1OC1CCC2(CC1)CN(C(=O)N1CC3(COC(=O)N3)C1)C2. The van der Waals surface area contributed by atoms with Crippen molar-refractivity contribution in [1.29, 1.82) is 0 Å². The minimum atomic E-state index is -3.60. The average Bonchev–Trinajstić information content (AvgIpc) is 3.08. The molecule has 1 aromatic rings. The first-order chi connectivity index (χ1) is 15.1. The highest BCUT2D eigenvalue weighted by Crippen LogP contribution is 2.45. The Morgan fingerprint density at radius 3 is 2.44 bits per heavy atom. The number of hydrogen-bond acceptors (Lipinski definition) is 6. The Labute approximate surface area is 185 Å². The van der Waals surface area contributed by atoms with E-state index in [0.29, 0.717) is 32.8 Å². The van der Waals surface area contributed by atoms with Crippen LogP contribution >= 0.6 is 0 Å². The lowest BCUT2D eigenvalue weighted by Crippen LogP contribution is -2.73. The van der Waals surface area contributed by atoms with Crippen molar-refractivity contribution in [3.8, 4) is 5.75 Å². The minimum Gasteiger partial charge on any atom is -0.489 e. The van der Waals surface area contributed by atoms with E-state index in [0.717, 1.165) is 38.0 Å². The highest BCUT2D eigenvalue weighted by atomic mass is 32.2. The van der Waals surface area contributed by atoms with Crippen LogP contribution in [0.5, 0.6) is 5.75 Å². The summed E-state index contributed by atoms with van der Waals surface area (Å²) in [6.07, 6.45) is 3.73. The summed E-state index contributed by atoms with van der Waals surface area (Å²) in [7, 11) is -3.60. The van der Waals surface area contributed by atoms with E-state index in [2.05, 4.69) is 5.32 Å². The molecule has 174 valence electrons. The van der Waals surface area contributed by atoms with Gasteiger partial charge >= 0.3 is 12.1 Å². The molecule has 0 unspecified atom stereocenters. The van der Waals surface area contributed by atoms with Crippen LogP contribution in [0.4, 0.5) is 14.0 Å². The van der Waals surface area contributed by atoms with Gasteiger partial charge < -0.3 is 24.6 Å². The van der Waals surface area contributed by atoms with Gasteiger partial charge in [-0.15, -0.1) is 0 Å². The molecule has 1 saturated carbocycles. The number of likely N-dealkylation sites (tertiary alicyclic amines) is 2. The van der Waals surface area contributed by atoms with E-state index in [4.69, 9.17) is 9.47 Å². The molecule has 1 aromatic carbocycles. The van der Waals surface area contributed by atoms with Crippen molar-refractivity contribution in [3.63, 3.8) is 0 Å². The lowest BCUT2D eigenvalue weighted by molar-refractivity contribution is -0.0443. The number of cyclic esters (lactones) is 1. The van der Waals surface area contributed by atoms with Gasteiger partial charge in [0.1, 0.15) is 28.6 Å². The van der Waals surface area contributed by atoms with E-state index < -0.39 is 27.3 Å². The molecule has 4 fully saturated rings. The highest BCUT2D eigenvalue weighted by Gasteiger charge is 2.54. The molecule has 2 spiro atoms. The zero-order chi connectivity index (χ0) is 22.7. The predicted octanol–water partition coefficient (Wildman–Crippen LogP) is 1.77. The number of benzene rings is 1. The molecule has 1 N–H and O–H groups in total. The molecule has 3 aliphatic heterocycles. The van der Waals surface area contributed by atoms with E-state index in [1.807, 2.05) is 4.90 Å². The topological polar surface area (TPSA) is 105 Å². The standard InChI is InChI=1S/C21H26FN3O6S/c1-32(28,29)17-8-14(22)2-3-16(17)31-15-4-6-20(7-5-15)9-24(10-20)19(27)25-11-21(12-25)13-30-18(26)23-21/h2-3,8,15H,4-7,9-13H2,1H3,(H,23,26). The fourth-order valence-corrected chi connectivity index (χ4v) is 6.08. The Morgan fingerprint density at radius 2 is 1.84 bits per heavy atom. The summed E-state index contributed by atoms with van der Waals surface area (Å²) < 4.78 is 48.4. The van der Waals surface area contributed by atoms with Crippen LogP contribution in [-0.4, -0.2) is 81.0 Å². The normalized spacial score (nSPS) is 24.0. The number of sulfone groups is 1. The van der Waals surface area contributed by atoms with Crippen LogP contribution in [0.2, 0.25) is 0 Å². The number of nitrogens with zero attached hydrogens (tertiary/aromatic N) is 2. The molecule has 3 heterocycles. The Balaban J connectivity index is 1.12. The van der Waals surface area contributed by atoms with Crippen LogP contribution in [0.15, 0.2) is 23.1 Å². The first kappa shape index (κ1) is 21.3. The van der Waals surface area contributed by atoms with Crippen molar-refractivity contribution in [2.24, 2.45) is 5.41 Å². The molecule has 0 radical (unpaired) electrons. The summed E-state index contributed by atoms with van der Waals surface area (Å²) in [5.74, 6) is -0.425. The first-order valence-electron chi connectivity index (χ1n) is 10.7. The van der Waals surface area contributed by atoms with E-state index >= 15 is 0 Å². The summed E-state index contributed by atoms with van der Waals surface area (Å²) in [5.41, 5.74) is -0.346. The average molecular weight is 468 g/mol. The lowest BCUT2D eigenvalue weighted by atomic mass is 9.68. The molecule has 3 saturated heterocycles. The number of nitrogens with one attached hydrogen (secondary N) is 1. The van der Waals surface area contributed by atoms with Gasteiger partial charge in [-0.2, -0.15) is 0 Å². The van der Waals surface area contributed by atoms with Gasteiger partial charge in [0, 0.05) is 24.8 Å². The second-order valence-electron chi connectivity index (χ2n) is 9.66. The van der Waals surface area contributed by atoms with Crippen LogP contribution < -0.4 is 10.1 Å². The molecule has 9 nitrogen and oxygen atoms in total. The number of urea groups is 1. The van der Waals surface area contributed by atoms with Gasteiger partial charge in [-0.3, -0.25) is 0 Å². The molecule has 3 amide bonds. The quantitative estimate of drug-likeness (QED) is 0.727. The largest absolute Gasteiger partial charge is 0.489 e. The second kappa shape index (κ2) is 7.23. The Kier molecular flexibility index (Phi) is 4.81.